The van der Waals surface area contributed by atoms with E-state index in [0.717, 1.165) is 13.1 Å². The van der Waals surface area contributed by atoms with Gasteiger partial charge < -0.3 is 5.32 Å². The lowest BCUT2D eigenvalue weighted by atomic mass is 10.1. The van der Waals surface area contributed by atoms with E-state index in [1.54, 1.807) is 0 Å². The monoisotopic (exact) mass is 205 g/mol. The summed E-state index contributed by atoms with van der Waals surface area (Å²) in [6.07, 6.45) is 6.43. The Hall–Kier alpha value is -0.930. The van der Waals surface area contributed by atoms with Gasteiger partial charge in [0.25, 0.3) is 0 Å². The maximum Gasteiger partial charge on any atom is 0.0364 e. The van der Waals surface area contributed by atoms with Gasteiger partial charge >= 0.3 is 0 Å². The minimum absolute atomic E-state index is 0.590. The van der Waals surface area contributed by atoms with Crippen LogP contribution < -0.4 is 5.32 Å². The first-order valence-electron chi connectivity index (χ1n) is 5.70. The molecule has 82 valence electrons. The summed E-state index contributed by atoms with van der Waals surface area (Å²) in [6, 6.07) is 4.81. The lowest BCUT2D eigenvalue weighted by Crippen LogP contribution is -2.30. The third-order valence-electron chi connectivity index (χ3n) is 3.08. The molecule has 1 fully saturated rings. The molecular formula is C12H19N3. The summed E-state index contributed by atoms with van der Waals surface area (Å²) in [5.41, 5.74) is 1.37. The Labute approximate surface area is 91.5 Å². The van der Waals surface area contributed by atoms with Gasteiger partial charge in [-0.1, -0.05) is 6.07 Å². The normalized spacial score (nSPS) is 22.1. The summed E-state index contributed by atoms with van der Waals surface area (Å²) in [7, 11) is 2.01. The van der Waals surface area contributed by atoms with E-state index in [0.29, 0.717) is 6.04 Å². The second kappa shape index (κ2) is 5.24. The standard InChI is InChI=1S/C12H19N3/c1-13-7-9-15-8-3-5-12(15)11-4-2-6-14-10-11/h2,4,6,10,12-13H,3,5,7-9H2,1H3. The van der Waals surface area contributed by atoms with Crippen LogP contribution in [0.3, 0.4) is 0 Å². The summed E-state index contributed by atoms with van der Waals surface area (Å²) < 4.78 is 0. The maximum absolute atomic E-state index is 4.20. The van der Waals surface area contributed by atoms with Crippen molar-refractivity contribution in [2.75, 3.05) is 26.7 Å². The Kier molecular flexibility index (Phi) is 3.69. The van der Waals surface area contributed by atoms with Crippen molar-refractivity contribution in [3.8, 4) is 0 Å². The van der Waals surface area contributed by atoms with Crippen LogP contribution >= 0.6 is 0 Å². The number of pyridine rings is 1. The molecule has 15 heavy (non-hydrogen) atoms. The SMILES string of the molecule is CNCCN1CCCC1c1cccnc1. The Morgan fingerprint density at radius 2 is 2.53 bits per heavy atom. The molecule has 2 heterocycles. The average Bonchev–Trinajstić information content (AvgIpc) is 2.75. The first-order valence-corrected chi connectivity index (χ1v) is 5.70. The Balaban J connectivity index is 2.01. The molecule has 0 aromatic carbocycles. The fraction of sp³-hybridized carbons (Fsp3) is 0.583. The molecule has 2 rings (SSSR count). The topological polar surface area (TPSA) is 28.2 Å². The summed E-state index contributed by atoms with van der Waals surface area (Å²) in [5.74, 6) is 0. The second-order valence-electron chi connectivity index (χ2n) is 4.08. The van der Waals surface area contributed by atoms with Crippen molar-refractivity contribution >= 4 is 0 Å². The predicted octanol–water partition coefficient (Wildman–Crippen LogP) is 1.44. The summed E-state index contributed by atoms with van der Waals surface area (Å²) in [4.78, 5) is 6.75. The summed E-state index contributed by atoms with van der Waals surface area (Å²) in [6.45, 7) is 3.42. The Morgan fingerprint density at radius 3 is 3.27 bits per heavy atom. The van der Waals surface area contributed by atoms with Gasteiger partial charge in [-0.25, -0.2) is 0 Å². The van der Waals surface area contributed by atoms with E-state index in [1.165, 1.54) is 24.9 Å². The van der Waals surface area contributed by atoms with Crippen molar-refractivity contribution in [3.05, 3.63) is 30.1 Å². The van der Waals surface area contributed by atoms with Crippen molar-refractivity contribution in [1.29, 1.82) is 0 Å². The maximum atomic E-state index is 4.20. The molecule has 1 atom stereocenters. The van der Waals surface area contributed by atoms with Gasteiger partial charge in [0, 0.05) is 31.5 Å². The van der Waals surface area contributed by atoms with E-state index >= 15 is 0 Å². The van der Waals surface area contributed by atoms with Crippen LogP contribution in [0.25, 0.3) is 0 Å². The van der Waals surface area contributed by atoms with Gasteiger partial charge in [-0.05, 0) is 38.1 Å². The van der Waals surface area contributed by atoms with Crippen LogP contribution in [0.15, 0.2) is 24.5 Å². The number of aromatic nitrogens is 1. The van der Waals surface area contributed by atoms with Crippen LogP contribution in [-0.4, -0.2) is 36.6 Å². The summed E-state index contributed by atoms with van der Waals surface area (Å²) in [5, 5.41) is 3.21. The molecular weight excluding hydrogens is 186 g/mol. The van der Waals surface area contributed by atoms with Gasteiger partial charge in [0.2, 0.25) is 0 Å². The number of likely N-dealkylation sites (tertiary alicyclic amines) is 1. The quantitative estimate of drug-likeness (QED) is 0.806. The molecule has 0 radical (unpaired) electrons. The third kappa shape index (κ3) is 2.55. The van der Waals surface area contributed by atoms with Gasteiger partial charge in [0.05, 0.1) is 0 Å². The second-order valence-corrected chi connectivity index (χ2v) is 4.08. The molecule has 1 aliphatic heterocycles. The molecule has 0 aliphatic carbocycles. The molecule has 0 saturated carbocycles. The molecule has 1 unspecified atom stereocenters. The molecule has 1 aromatic rings. The van der Waals surface area contributed by atoms with Crippen LogP contribution in [0.2, 0.25) is 0 Å². The van der Waals surface area contributed by atoms with Gasteiger partial charge in [-0.3, -0.25) is 9.88 Å². The molecule has 0 spiro atoms. The van der Waals surface area contributed by atoms with Crippen LogP contribution in [0.1, 0.15) is 24.4 Å². The largest absolute Gasteiger partial charge is 0.318 e. The highest BCUT2D eigenvalue weighted by molar-refractivity contribution is 5.15. The highest BCUT2D eigenvalue weighted by Crippen LogP contribution is 2.30. The molecule has 0 amide bonds. The minimum atomic E-state index is 0.590. The van der Waals surface area contributed by atoms with E-state index in [2.05, 4.69) is 21.3 Å². The molecule has 3 heteroatoms. The molecule has 0 bridgehead atoms. The summed E-state index contributed by atoms with van der Waals surface area (Å²) >= 11 is 0. The zero-order chi connectivity index (χ0) is 10.5. The lowest BCUT2D eigenvalue weighted by molar-refractivity contribution is 0.259. The average molecular weight is 205 g/mol. The molecule has 1 saturated heterocycles. The minimum Gasteiger partial charge on any atom is -0.318 e. The third-order valence-corrected chi connectivity index (χ3v) is 3.08. The smallest absolute Gasteiger partial charge is 0.0364 e. The fourth-order valence-corrected chi connectivity index (χ4v) is 2.30. The van der Waals surface area contributed by atoms with E-state index in [1.807, 2.05) is 25.5 Å². The zero-order valence-corrected chi connectivity index (χ0v) is 9.32. The fourth-order valence-electron chi connectivity index (χ4n) is 2.30. The van der Waals surface area contributed by atoms with Gasteiger partial charge in [0.15, 0.2) is 0 Å². The number of rotatable bonds is 4. The van der Waals surface area contributed by atoms with Crippen molar-refractivity contribution < 1.29 is 0 Å². The molecule has 1 aliphatic rings. The number of nitrogens with one attached hydrogen (secondary N) is 1. The van der Waals surface area contributed by atoms with E-state index < -0.39 is 0 Å². The number of likely N-dealkylation sites (N-methyl/N-ethyl adjacent to an activating group) is 1. The first-order chi connectivity index (χ1) is 7.42. The first kappa shape index (κ1) is 10.6. The highest BCUT2D eigenvalue weighted by atomic mass is 15.2. The van der Waals surface area contributed by atoms with E-state index in [9.17, 15) is 0 Å². The molecule has 3 nitrogen and oxygen atoms in total. The Bertz CT molecular complexity index is 286. The number of nitrogens with zero attached hydrogens (tertiary/aromatic N) is 2. The predicted molar refractivity (Wildman–Crippen MR) is 61.7 cm³/mol. The molecule has 1 N–H and O–H groups in total. The number of hydrogen-bond acceptors (Lipinski definition) is 3. The van der Waals surface area contributed by atoms with Crippen LogP contribution in [0, 0.1) is 0 Å². The van der Waals surface area contributed by atoms with Crippen LogP contribution in [-0.2, 0) is 0 Å². The lowest BCUT2D eigenvalue weighted by Gasteiger charge is -2.24. The Morgan fingerprint density at radius 1 is 1.60 bits per heavy atom. The number of hydrogen-bond donors (Lipinski definition) is 1. The molecule has 1 aromatic heterocycles. The van der Waals surface area contributed by atoms with Gasteiger partial charge in [-0.2, -0.15) is 0 Å². The van der Waals surface area contributed by atoms with Gasteiger partial charge in [-0.15, -0.1) is 0 Å². The zero-order valence-electron chi connectivity index (χ0n) is 9.32. The highest BCUT2D eigenvalue weighted by Gasteiger charge is 2.25. The van der Waals surface area contributed by atoms with Gasteiger partial charge in [0.1, 0.15) is 0 Å². The van der Waals surface area contributed by atoms with Crippen LogP contribution in [0.4, 0.5) is 0 Å². The van der Waals surface area contributed by atoms with E-state index in [-0.39, 0.29) is 0 Å². The van der Waals surface area contributed by atoms with E-state index in [4.69, 9.17) is 0 Å². The van der Waals surface area contributed by atoms with Crippen molar-refractivity contribution in [1.82, 2.24) is 15.2 Å². The van der Waals surface area contributed by atoms with Crippen molar-refractivity contribution in [2.24, 2.45) is 0 Å². The van der Waals surface area contributed by atoms with Crippen molar-refractivity contribution in [2.45, 2.75) is 18.9 Å². The van der Waals surface area contributed by atoms with Crippen molar-refractivity contribution in [3.63, 3.8) is 0 Å². The van der Waals surface area contributed by atoms with Crippen LogP contribution in [0.5, 0.6) is 0 Å².